The Labute approximate surface area is 118 Å². The van der Waals surface area contributed by atoms with Crippen LogP contribution in [0.15, 0.2) is 42.5 Å². The third-order valence-corrected chi connectivity index (χ3v) is 3.52. The molecule has 1 nitrogen and oxygen atoms in total. The molecular weight excluding hydrogens is 261 g/mol. The van der Waals surface area contributed by atoms with Crippen LogP contribution in [0.5, 0.6) is 0 Å². The predicted octanol–water partition coefficient (Wildman–Crippen LogP) is 4.35. The minimum absolute atomic E-state index is 0.164. The van der Waals surface area contributed by atoms with Crippen LogP contribution in [0.1, 0.15) is 29.7 Å². The molecule has 0 aromatic heterocycles. The normalized spacial score (nSPS) is 12.4. The molecule has 0 radical (unpaired) electrons. The number of hydrogen-bond donors (Lipinski definition) is 1. The fraction of sp³-hybridized carbons (Fsp3) is 0.250. The average Bonchev–Trinajstić information content (AvgIpc) is 2.42. The van der Waals surface area contributed by atoms with Crippen molar-refractivity contribution in [3.05, 3.63) is 70.0 Å². The Morgan fingerprint density at radius 1 is 1.16 bits per heavy atom. The van der Waals surface area contributed by atoms with Crippen molar-refractivity contribution in [2.45, 2.75) is 19.4 Å². The summed E-state index contributed by atoms with van der Waals surface area (Å²) in [6, 6.07) is 12.9. The van der Waals surface area contributed by atoms with Gasteiger partial charge in [-0.25, -0.2) is 4.39 Å². The van der Waals surface area contributed by atoms with Crippen molar-refractivity contribution in [3.63, 3.8) is 0 Å². The Balaban J connectivity index is 2.37. The second-order valence-corrected chi connectivity index (χ2v) is 4.92. The Morgan fingerprint density at radius 2 is 1.84 bits per heavy atom. The molecule has 0 fully saturated rings. The molecule has 0 aliphatic heterocycles. The molecular formula is C16H17ClFN. The number of rotatable bonds is 4. The fourth-order valence-corrected chi connectivity index (χ4v) is 2.34. The minimum Gasteiger partial charge on any atom is -0.309 e. The summed E-state index contributed by atoms with van der Waals surface area (Å²) in [6.45, 7) is 2.11. The molecule has 0 aliphatic rings. The molecule has 1 atom stereocenters. The SMILES string of the molecule is CCc1ccc(C(NC)c2ccc(Cl)cc2F)cc1. The topological polar surface area (TPSA) is 12.0 Å². The zero-order valence-electron chi connectivity index (χ0n) is 11.1. The third kappa shape index (κ3) is 3.14. The molecule has 2 aromatic carbocycles. The van der Waals surface area contributed by atoms with Gasteiger partial charge in [0, 0.05) is 10.6 Å². The van der Waals surface area contributed by atoms with Crippen LogP contribution < -0.4 is 5.32 Å². The largest absolute Gasteiger partial charge is 0.309 e. The highest BCUT2D eigenvalue weighted by atomic mass is 35.5. The zero-order chi connectivity index (χ0) is 13.8. The van der Waals surface area contributed by atoms with Crippen molar-refractivity contribution in [3.8, 4) is 0 Å². The molecule has 100 valence electrons. The molecule has 2 aromatic rings. The lowest BCUT2D eigenvalue weighted by atomic mass is 9.97. The van der Waals surface area contributed by atoms with Gasteiger partial charge in [-0.2, -0.15) is 0 Å². The first-order valence-electron chi connectivity index (χ1n) is 6.36. The van der Waals surface area contributed by atoms with E-state index in [-0.39, 0.29) is 11.9 Å². The molecule has 2 rings (SSSR count). The summed E-state index contributed by atoms with van der Waals surface area (Å²) in [7, 11) is 1.83. The molecule has 0 spiro atoms. The Morgan fingerprint density at radius 3 is 2.37 bits per heavy atom. The standard InChI is InChI=1S/C16H17ClFN/c1-3-11-4-6-12(7-5-11)16(19-2)14-9-8-13(17)10-15(14)18/h4-10,16,19H,3H2,1-2H3. The molecule has 3 heteroatoms. The van der Waals surface area contributed by atoms with Crippen molar-refractivity contribution < 1.29 is 4.39 Å². The van der Waals surface area contributed by atoms with Crippen LogP contribution in [0.3, 0.4) is 0 Å². The number of halogens is 2. The Bertz CT molecular complexity index is 551. The van der Waals surface area contributed by atoms with E-state index in [1.165, 1.54) is 11.6 Å². The van der Waals surface area contributed by atoms with Crippen LogP contribution in [-0.4, -0.2) is 7.05 Å². The summed E-state index contributed by atoms with van der Waals surface area (Å²) in [5, 5.41) is 3.56. The first-order valence-corrected chi connectivity index (χ1v) is 6.74. The van der Waals surface area contributed by atoms with Crippen LogP contribution in [0.25, 0.3) is 0 Å². The molecule has 0 bridgehead atoms. The van der Waals surface area contributed by atoms with Gasteiger partial charge < -0.3 is 5.32 Å². The maximum absolute atomic E-state index is 14.0. The fourth-order valence-electron chi connectivity index (χ4n) is 2.18. The van der Waals surface area contributed by atoms with E-state index in [0.717, 1.165) is 12.0 Å². The van der Waals surface area contributed by atoms with Gasteiger partial charge in [-0.05, 0) is 36.7 Å². The lowest BCUT2D eigenvalue weighted by Gasteiger charge is -2.18. The average molecular weight is 278 g/mol. The summed E-state index contributed by atoms with van der Waals surface area (Å²) < 4.78 is 14.0. The lowest BCUT2D eigenvalue weighted by molar-refractivity contribution is 0.576. The summed E-state index contributed by atoms with van der Waals surface area (Å²) in [5.41, 5.74) is 2.92. The van der Waals surface area contributed by atoms with Gasteiger partial charge in [0.1, 0.15) is 5.82 Å². The monoisotopic (exact) mass is 277 g/mol. The summed E-state index contributed by atoms with van der Waals surface area (Å²) in [5.74, 6) is -0.286. The van der Waals surface area contributed by atoms with Gasteiger partial charge in [0.15, 0.2) is 0 Å². The van der Waals surface area contributed by atoms with Crippen molar-refractivity contribution in [2.75, 3.05) is 7.05 Å². The van der Waals surface area contributed by atoms with E-state index in [2.05, 4.69) is 24.4 Å². The van der Waals surface area contributed by atoms with E-state index in [1.54, 1.807) is 12.1 Å². The molecule has 0 saturated carbocycles. The first kappa shape index (κ1) is 14.0. The predicted molar refractivity (Wildman–Crippen MR) is 78.1 cm³/mol. The van der Waals surface area contributed by atoms with Gasteiger partial charge in [0.25, 0.3) is 0 Å². The van der Waals surface area contributed by atoms with E-state index < -0.39 is 0 Å². The van der Waals surface area contributed by atoms with E-state index in [1.807, 2.05) is 19.2 Å². The molecule has 0 amide bonds. The van der Waals surface area contributed by atoms with Gasteiger partial charge in [-0.3, -0.25) is 0 Å². The molecule has 19 heavy (non-hydrogen) atoms. The van der Waals surface area contributed by atoms with E-state index >= 15 is 0 Å². The molecule has 0 aliphatic carbocycles. The van der Waals surface area contributed by atoms with Gasteiger partial charge in [0.2, 0.25) is 0 Å². The highest BCUT2D eigenvalue weighted by Gasteiger charge is 2.16. The van der Waals surface area contributed by atoms with E-state index in [9.17, 15) is 4.39 Å². The van der Waals surface area contributed by atoms with Gasteiger partial charge in [-0.1, -0.05) is 48.9 Å². The van der Waals surface area contributed by atoms with Gasteiger partial charge in [0.05, 0.1) is 6.04 Å². The van der Waals surface area contributed by atoms with Gasteiger partial charge in [-0.15, -0.1) is 0 Å². The zero-order valence-corrected chi connectivity index (χ0v) is 11.8. The van der Waals surface area contributed by atoms with Crippen LogP contribution in [0.4, 0.5) is 4.39 Å². The number of aryl methyl sites for hydroxylation is 1. The highest BCUT2D eigenvalue weighted by Crippen LogP contribution is 2.26. The second kappa shape index (κ2) is 6.18. The molecule has 1 unspecified atom stereocenters. The van der Waals surface area contributed by atoms with Gasteiger partial charge >= 0.3 is 0 Å². The Hall–Kier alpha value is -1.38. The third-order valence-electron chi connectivity index (χ3n) is 3.28. The van der Waals surface area contributed by atoms with Crippen LogP contribution in [-0.2, 0) is 6.42 Å². The minimum atomic E-state index is -0.286. The highest BCUT2D eigenvalue weighted by molar-refractivity contribution is 6.30. The maximum atomic E-state index is 14.0. The Kier molecular flexibility index (Phi) is 4.56. The van der Waals surface area contributed by atoms with Crippen molar-refractivity contribution in [1.29, 1.82) is 0 Å². The number of nitrogens with one attached hydrogen (secondary N) is 1. The smallest absolute Gasteiger partial charge is 0.129 e. The van der Waals surface area contributed by atoms with E-state index in [4.69, 9.17) is 11.6 Å². The number of hydrogen-bond acceptors (Lipinski definition) is 1. The maximum Gasteiger partial charge on any atom is 0.129 e. The number of benzene rings is 2. The molecule has 0 heterocycles. The molecule has 0 saturated heterocycles. The lowest BCUT2D eigenvalue weighted by Crippen LogP contribution is -2.18. The van der Waals surface area contributed by atoms with E-state index in [0.29, 0.717) is 10.6 Å². The summed E-state index contributed by atoms with van der Waals surface area (Å²) in [6.07, 6.45) is 1.000. The van der Waals surface area contributed by atoms with Crippen molar-refractivity contribution in [2.24, 2.45) is 0 Å². The summed E-state index contributed by atoms with van der Waals surface area (Å²) >= 11 is 5.79. The van der Waals surface area contributed by atoms with Crippen molar-refractivity contribution >= 4 is 11.6 Å². The van der Waals surface area contributed by atoms with Crippen LogP contribution in [0, 0.1) is 5.82 Å². The first-order chi connectivity index (χ1) is 9.15. The van der Waals surface area contributed by atoms with Crippen LogP contribution >= 0.6 is 11.6 Å². The quantitative estimate of drug-likeness (QED) is 0.876. The molecule has 1 N–H and O–H groups in total. The van der Waals surface area contributed by atoms with Crippen molar-refractivity contribution in [1.82, 2.24) is 5.32 Å². The summed E-state index contributed by atoms with van der Waals surface area (Å²) in [4.78, 5) is 0. The van der Waals surface area contributed by atoms with Crippen LogP contribution in [0.2, 0.25) is 5.02 Å². The second-order valence-electron chi connectivity index (χ2n) is 4.48.